The summed E-state index contributed by atoms with van der Waals surface area (Å²) in [6.45, 7) is 13.9. The van der Waals surface area contributed by atoms with Crippen LogP contribution in [0.25, 0.3) is 104 Å². The Morgan fingerprint density at radius 3 is 1.26 bits per heavy atom. The molecule has 2 heteroatoms. The maximum Gasteiger partial charge on any atom is 0.0541 e. The Hall–Kier alpha value is -8.72. The van der Waals surface area contributed by atoms with Crippen LogP contribution in [0, 0.1) is 0 Å². The number of rotatable bonds is 8. The molecule has 0 N–H and O–H groups in total. The fourth-order valence-corrected chi connectivity index (χ4v) is 11.5. The molecule has 0 radical (unpaired) electrons. The van der Waals surface area contributed by atoms with Crippen molar-refractivity contribution in [1.82, 2.24) is 4.57 Å². The molecule has 2 nitrogen and oxygen atoms in total. The van der Waals surface area contributed by atoms with Gasteiger partial charge in [0.2, 0.25) is 0 Å². The van der Waals surface area contributed by atoms with Crippen LogP contribution in [0.1, 0.15) is 52.7 Å². The molecule has 0 aliphatic heterocycles. The van der Waals surface area contributed by atoms with Gasteiger partial charge in [0.05, 0.1) is 28.1 Å². The lowest BCUT2D eigenvalue weighted by Crippen LogP contribution is -2.12. The summed E-state index contributed by atoms with van der Waals surface area (Å²) in [6, 6.07) is 90.3. The van der Waals surface area contributed by atoms with Crippen molar-refractivity contribution in [3.63, 3.8) is 0 Å². The van der Waals surface area contributed by atoms with E-state index in [1.165, 1.54) is 104 Å². The minimum absolute atomic E-state index is 0.0213. The number of para-hydroxylation sites is 1. The van der Waals surface area contributed by atoms with E-state index < -0.39 is 0 Å². The smallest absolute Gasteiger partial charge is 0.0541 e. The van der Waals surface area contributed by atoms with Gasteiger partial charge in [0.25, 0.3) is 0 Å². The highest BCUT2D eigenvalue weighted by Gasteiger charge is 2.25. The number of hydrogen-bond donors (Lipinski definition) is 0. The van der Waals surface area contributed by atoms with Crippen molar-refractivity contribution in [2.75, 3.05) is 4.90 Å². The van der Waals surface area contributed by atoms with Crippen molar-refractivity contribution < 1.29 is 0 Å². The van der Waals surface area contributed by atoms with Crippen LogP contribution >= 0.6 is 0 Å². The predicted octanol–water partition coefficient (Wildman–Crippen LogP) is 20.4. The third-order valence-corrected chi connectivity index (χ3v) is 15.5. The summed E-state index contributed by atoms with van der Waals surface area (Å²) in [5.41, 5.74) is 19.3. The number of anilines is 3. The van der Waals surface area contributed by atoms with Crippen LogP contribution < -0.4 is 4.90 Å². The van der Waals surface area contributed by atoms with E-state index >= 15 is 0 Å². The number of nitrogens with zero attached hydrogens (tertiary/aromatic N) is 2. The summed E-state index contributed by atoms with van der Waals surface area (Å²) in [7, 11) is 0. The van der Waals surface area contributed by atoms with E-state index in [-0.39, 0.29) is 10.8 Å². The van der Waals surface area contributed by atoms with Crippen LogP contribution in [0.15, 0.2) is 243 Å². The van der Waals surface area contributed by atoms with Gasteiger partial charge in [0, 0.05) is 32.8 Å². The first-order chi connectivity index (χ1) is 36.0. The lowest BCUT2D eigenvalue weighted by atomic mass is 9.85. The number of hydrogen-bond acceptors (Lipinski definition) is 1. The number of fused-ring (bicyclic) bond motifs is 3. The van der Waals surface area contributed by atoms with Crippen LogP contribution in [-0.2, 0) is 10.8 Å². The van der Waals surface area contributed by atoms with Gasteiger partial charge in [-0.25, -0.2) is 0 Å². The van der Waals surface area contributed by atoms with Crippen molar-refractivity contribution in [3.8, 4) is 50.2 Å². The maximum atomic E-state index is 2.53. The van der Waals surface area contributed by atoms with Crippen molar-refractivity contribution in [3.05, 3.63) is 254 Å². The average Bonchev–Trinajstić information content (AvgIpc) is 3.77. The second-order valence-electron chi connectivity index (χ2n) is 22.2. The summed E-state index contributed by atoms with van der Waals surface area (Å²) in [5, 5.41) is 10.1. The molecule has 12 aromatic carbocycles. The minimum atomic E-state index is 0.0213. The zero-order valence-electron chi connectivity index (χ0n) is 43.0. The Bertz CT molecular complexity index is 4130. The highest BCUT2D eigenvalue weighted by Crippen LogP contribution is 2.48. The summed E-state index contributed by atoms with van der Waals surface area (Å²) in [5.74, 6) is 0. The van der Waals surface area contributed by atoms with Gasteiger partial charge in [0.1, 0.15) is 0 Å². The van der Waals surface area contributed by atoms with Crippen LogP contribution in [0.3, 0.4) is 0 Å². The molecule has 13 aromatic rings. The lowest BCUT2D eigenvalue weighted by molar-refractivity contribution is 0.590. The molecule has 0 spiro atoms. The first kappa shape index (κ1) is 45.2. The largest absolute Gasteiger partial charge is 0.309 e. The molecule has 0 aliphatic rings. The summed E-state index contributed by atoms with van der Waals surface area (Å²) in [6.07, 6.45) is 0. The zero-order valence-corrected chi connectivity index (χ0v) is 43.0. The topological polar surface area (TPSA) is 8.17 Å². The predicted molar refractivity (Wildman–Crippen MR) is 318 cm³/mol. The molecule has 356 valence electrons. The van der Waals surface area contributed by atoms with E-state index in [4.69, 9.17) is 0 Å². The van der Waals surface area contributed by atoms with Gasteiger partial charge < -0.3 is 9.47 Å². The molecule has 0 aliphatic carbocycles. The summed E-state index contributed by atoms with van der Waals surface area (Å²) >= 11 is 0. The molecule has 0 saturated carbocycles. The van der Waals surface area contributed by atoms with Gasteiger partial charge in [-0.3, -0.25) is 0 Å². The molecule has 0 fully saturated rings. The summed E-state index contributed by atoms with van der Waals surface area (Å²) < 4.78 is 2.53. The second kappa shape index (κ2) is 17.5. The second-order valence-corrected chi connectivity index (χ2v) is 22.2. The van der Waals surface area contributed by atoms with Crippen molar-refractivity contribution >= 4 is 71.2 Å². The molecule has 0 unspecified atom stereocenters. The van der Waals surface area contributed by atoms with Crippen molar-refractivity contribution in [1.29, 1.82) is 0 Å². The van der Waals surface area contributed by atoms with Crippen molar-refractivity contribution in [2.45, 2.75) is 52.4 Å². The van der Waals surface area contributed by atoms with E-state index in [0.717, 1.165) is 28.2 Å². The highest BCUT2D eigenvalue weighted by molar-refractivity contribution is 6.27. The van der Waals surface area contributed by atoms with Crippen LogP contribution in [0.2, 0.25) is 0 Å². The van der Waals surface area contributed by atoms with Gasteiger partial charge in [0.15, 0.2) is 0 Å². The molecule has 1 heterocycles. The third kappa shape index (κ3) is 7.72. The van der Waals surface area contributed by atoms with E-state index in [1.54, 1.807) is 0 Å². The molecule has 0 saturated heterocycles. The van der Waals surface area contributed by atoms with Gasteiger partial charge in [-0.05, 0) is 137 Å². The average molecular weight is 951 g/mol. The van der Waals surface area contributed by atoms with E-state index in [9.17, 15) is 0 Å². The molecule has 0 atom stereocenters. The van der Waals surface area contributed by atoms with Gasteiger partial charge in [-0.1, -0.05) is 230 Å². The standard InChI is InChI=1S/C72H58N2/c1-71(2,3)56-35-43-67-62(45-56)63-46-57(72(4,5)6)36-44-68(63)74(67)66-42-34-55-31-39-60-65(41-33-54-32-40-61(66)70(55)69(54)60)73(58-37-29-52(30-38-58)51-23-21-49(22-24-51)47-15-9-7-10-16-47)64-20-14-13-19-59(64)53-27-25-50(26-28-53)48-17-11-8-12-18-48/h7-46H,1-6H3. The Balaban J connectivity index is 1.00. The zero-order chi connectivity index (χ0) is 50.3. The summed E-state index contributed by atoms with van der Waals surface area (Å²) in [4.78, 5) is 2.49. The molecule has 0 bridgehead atoms. The molecule has 13 rings (SSSR count). The minimum Gasteiger partial charge on any atom is -0.309 e. The molecule has 1 aromatic heterocycles. The fourth-order valence-electron chi connectivity index (χ4n) is 11.5. The first-order valence-electron chi connectivity index (χ1n) is 26.1. The van der Waals surface area contributed by atoms with Crippen molar-refractivity contribution in [2.24, 2.45) is 0 Å². The normalized spacial score (nSPS) is 12.2. The Morgan fingerprint density at radius 2 is 0.730 bits per heavy atom. The van der Waals surface area contributed by atoms with Crippen LogP contribution in [-0.4, -0.2) is 4.57 Å². The number of benzene rings is 12. The van der Waals surface area contributed by atoms with E-state index in [0.29, 0.717) is 0 Å². The van der Waals surface area contributed by atoms with E-state index in [2.05, 4.69) is 294 Å². The Labute approximate surface area is 434 Å². The molecular formula is C72H58N2. The third-order valence-electron chi connectivity index (χ3n) is 15.5. The van der Waals surface area contributed by atoms with Gasteiger partial charge >= 0.3 is 0 Å². The molecule has 74 heavy (non-hydrogen) atoms. The fraction of sp³-hybridized carbons (Fsp3) is 0.111. The number of aromatic nitrogens is 1. The Kier molecular flexibility index (Phi) is 10.7. The van der Waals surface area contributed by atoms with Crippen LogP contribution in [0.5, 0.6) is 0 Å². The maximum absolute atomic E-state index is 2.53. The van der Waals surface area contributed by atoms with Crippen LogP contribution in [0.4, 0.5) is 17.1 Å². The lowest BCUT2D eigenvalue weighted by Gasteiger charge is -2.30. The monoisotopic (exact) mass is 950 g/mol. The van der Waals surface area contributed by atoms with E-state index in [1.807, 2.05) is 0 Å². The quantitative estimate of drug-likeness (QED) is 0.138. The Morgan fingerprint density at radius 1 is 0.311 bits per heavy atom. The van der Waals surface area contributed by atoms with Gasteiger partial charge in [-0.15, -0.1) is 0 Å². The SMILES string of the molecule is CC(C)(C)c1ccc2c(c1)c1cc(C(C)(C)C)ccc1n2-c1ccc2ccc3c(N(c4ccc(-c5ccc(-c6ccccc6)cc5)cc4)c4ccccc4-c4ccc(-c5ccccc5)cc4)ccc4ccc1c2c43. The highest BCUT2D eigenvalue weighted by atomic mass is 15.1. The first-order valence-corrected chi connectivity index (χ1v) is 26.1. The molecular weight excluding hydrogens is 893 g/mol. The van der Waals surface area contributed by atoms with Gasteiger partial charge in [-0.2, -0.15) is 0 Å². The molecule has 0 amide bonds.